The molecular weight excluding hydrogens is 264 g/mol. The van der Waals surface area contributed by atoms with Crippen molar-refractivity contribution in [3.63, 3.8) is 0 Å². The van der Waals surface area contributed by atoms with Gasteiger partial charge in [-0.3, -0.25) is 0 Å². The molecule has 22 heavy (non-hydrogen) atoms. The maximum Gasteiger partial charge on any atom is -0.00961 e. The second kappa shape index (κ2) is 9.46. The van der Waals surface area contributed by atoms with Gasteiger partial charge in [0, 0.05) is 0 Å². The van der Waals surface area contributed by atoms with Crippen molar-refractivity contribution >= 4 is 0 Å². The van der Waals surface area contributed by atoms with E-state index in [0.29, 0.717) is 0 Å². The lowest BCUT2D eigenvalue weighted by atomic mass is 9.97. The summed E-state index contributed by atoms with van der Waals surface area (Å²) >= 11 is 0. The summed E-state index contributed by atoms with van der Waals surface area (Å²) in [7, 11) is 0. The molecular formula is C22H28. The predicted molar refractivity (Wildman–Crippen MR) is 96.0 cm³/mol. The van der Waals surface area contributed by atoms with Crippen molar-refractivity contribution < 1.29 is 0 Å². The Kier molecular flexibility index (Phi) is 7.22. The molecule has 0 bridgehead atoms. The van der Waals surface area contributed by atoms with Gasteiger partial charge in [-0.25, -0.2) is 0 Å². The Bertz CT molecular complexity index is 502. The SMILES string of the molecule is CCCCCc1cc[c]c(-c2[c]ccc(CCCCC)c2)c1. The van der Waals surface area contributed by atoms with Crippen LogP contribution in [0.15, 0.2) is 36.4 Å². The molecule has 0 amide bonds. The third-order valence-electron chi connectivity index (χ3n) is 4.16. The maximum atomic E-state index is 3.38. The van der Waals surface area contributed by atoms with E-state index in [0.717, 1.165) is 0 Å². The number of hydrogen-bond donors (Lipinski definition) is 0. The molecule has 0 N–H and O–H groups in total. The minimum atomic E-state index is 1.17. The lowest BCUT2D eigenvalue weighted by molar-refractivity contribution is 0.717. The Morgan fingerprint density at radius 3 is 1.55 bits per heavy atom. The van der Waals surface area contributed by atoms with Gasteiger partial charge in [0.1, 0.15) is 0 Å². The van der Waals surface area contributed by atoms with Crippen molar-refractivity contribution in [1.82, 2.24) is 0 Å². The average molecular weight is 292 g/mol. The zero-order chi connectivity index (χ0) is 15.6. The van der Waals surface area contributed by atoms with E-state index in [2.05, 4.69) is 62.4 Å². The van der Waals surface area contributed by atoms with Crippen LogP contribution in [-0.4, -0.2) is 0 Å². The van der Waals surface area contributed by atoms with Crippen molar-refractivity contribution in [3.05, 3.63) is 59.7 Å². The standard InChI is InChI=1S/C22H28/c1-3-5-7-11-19-13-9-15-21(17-19)22-16-10-14-20(18-22)12-8-6-4-2/h9-10,13-14,17-18H,3-8,11-12H2,1-2H3. The van der Waals surface area contributed by atoms with Gasteiger partial charge in [-0.05, 0) is 60.1 Å². The molecule has 0 saturated carbocycles. The van der Waals surface area contributed by atoms with Gasteiger partial charge in [0.05, 0.1) is 0 Å². The molecule has 0 unspecified atom stereocenters. The van der Waals surface area contributed by atoms with Gasteiger partial charge in [-0.15, -0.1) is 0 Å². The Labute approximate surface area is 136 Å². The van der Waals surface area contributed by atoms with Gasteiger partial charge < -0.3 is 0 Å². The number of unbranched alkanes of at least 4 members (excludes halogenated alkanes) is 4. The Morgan fingerprint density at radius 2 is 1.14 bits per heavy atom. The normalized spacial score (nSPS) is 10.8. The fourth-order valence-corrected chi connectivity index (χ4v) is 2.81. The second-order valence-electron chi connectivity index (χ2n) is 6.14. The first-order chi connectivity index (χ1) is 10.8. The van der Waals surface area contributed by atoms with Crippen LogP contribution in [0, 0.1) is 12.1 Å². The summed E-state index contributed by atoms with van der Waals surface area (Å²) in [6.07, 6.45) is 10.1. The molecule has 0 heteroatoms. The lowest BCUT2D eigenvalue weighted by Gasteiger charge is -2.07. The van der Waals surface area contributed by atoms with Gasteiger partial charge in [0.25, 0.3) is 0 Å². The molecule has 0 spiro atoms. The number of benzene rings is 2. The fourth-order valence-electron chi connectivity index (χ4n) is 2.81. The molecule has 0 nitrogen and oxygen atoms in total. The van der Waals surface area contributed by atoms with E-state index in [1.165, 1.54) is 73.6 Å². The highest BCUT2D eigenvalue weighted by Crippen LogP contribution is 2.22. The number of rotatable bonds is 9. The van der Waals surface area contributed by atoms with Gasteiger partial charge in [-0.1, -0.05) is 75.9 Å². The van der Waals surface area contributed by atoms with E-state index in [4.69, 9.17) is 0 Å². The second-order valence-corrected chi connectivity index (χ2v) is 6.14. The summed E-state index contributed by atoms with van der Waals surface area (Å²) in [5, 5.41) is 0. The minimum absolute atomic E-state index is 1.17. The molecule has 2 aromatic rings. The van der Waals surface area contributed by atoms with E-state index in [9.17, 15) is 0 Å². The average Bonchev–Trinajstić information content (AvgIpc) is 2.56. The highest BCUT2D eigenvalue weighted by atomic mass is 14.1. The van der Waals surface area contributed by atoms with Crippen LogP contribution >= 0.6 is 0 Å². The lowest BCUT2D eigenvalue weighted by Crippen LogP contribution is -1.89. The monoisotopic (exact) mass is 292 g/mol. The largest absolute Gasteiger partial charge is 0.0654 e. The van der Waals surface area contributed by atoms with Crippen LogP contribution in [0.3, 0.4) is 0 Å². The summed E-state index contributed by atoms with van der Waals surface area (Å²) in [5.41, 5.74) is 5.22. The van der Waals surface area contributed by atoms with Crippen LogP contribution in [0.4, 0.5) is 0 Å². The first kappa shape index (κ1) is 16.8. The van der Waals surface area contributed by atoms with Gasteiger partial charge in [-0.2, -0.15) is 0 Å². The predicted octanol–water partition coefficient (Wildman–Crippen LogP) is 6.42. The van der Waals surface area contributed by atoms with E-state index in [1.807, 2.05) is 0 Å². The Morgan fingerprint density at radius 1 is 0.682 bits per heavy atom. The first-order valence-corrected chi connectivity index (χ1v) is 8.85. The summed E-state index contributed by atoms with van der Waals surface area (Å²) < 4.78 is 0. The first-order valence-electron chi connectivity index (χ1n) is 8.85. The third-order valence-corrected chi connectivity index (χ3v) is 4.16. The molecule has 2 radical (unpaired) electrons. The van der Waals surface area contributed by atoms with Gasteiger partial charge >= 0.3 is 0 Å². The van der Waals surface area contributed by atoms with Crippen molar-refractivity contribution in [2.45, 2.75) is 65.2 Å². The smallest absolute Gasteiger partial charge is 0.00961 e. The molecule has 0 heterocycles. The summed E-state index contributed by atoms with van der Waals surface area (Å²) in [5.74, 6) is 0. The molecule has 0 aromatic heterocycles. The van der Waals surface area contributed by atoms with Crippen LogP contribution in [0.5, 0.6) is 0 Å². The molecule has 0 fully saturated rings. The van der Waals surface area contributed by atoms with E-state index in [-0.39, 0.29) is 0 Å². The summed E-state index contributed by atoms with van der Waals surface area (Å²) in [6, 6.07) is 19.9. The van der Waals surface area contributed by atoms with E-state index in [1.54, 1.807) is 0 Å². The molecule has 0 atom stereocenters. The minimum Gasteiger partial charge on any atom is -0.0654 e. The van der Waals surface area contributed by atoms with Crippen molar-refractivity contribution in [3.8, 4) is 11.1 Å². The van der Waals surface area contributed by atoms with Crippen LogP contribution < -0.4 is 0 Å². The highest BCUT2D eigenvalue weighted by molar-refractivity contribution is 5.63. The van der Waals surface area contributed by atoms with Gasteiger partial charge in [0.15, 0.2) is 0 Å². The molecule has 116 valence electrons. The molecule has 2 rings (SSSR count). The van der Waals surface area contributed by atoms with Crippen LogP contribution in [0.1, 0.15) is 63.5 Å². The zero-order valence-corrected chi connectivity index (χ0v) is 14.1. The Hall–Kier alpha value is -1.56. The number of hydrogen-bond acceptors (Lipinski definition) is 0. The Balaban J connectivity index is 2.07. The van der Waals surface area contributed by atoms with Crippen LogP contribution in [0.25, 0.3) is 11.1 Å². The van der Waals surface area contributed by atoms with Crippen molar-refractivity contribution in [1.29, 1.82) is 0 Å². The van der Waals surface area contributed by atoms with Crippen molar-refractivity contribution in [2.24, 2.45) is 0 Å². The molecule has 0 aliphatic rings. The summed E-state index contributed by atoms with van der Waals surface area (Å²) in [4.78, 5) is 0. The van der Waals surface area contributed by atoms with Gasteiger partial charge in [0.2, 0.25) is 0 Å². The van der Waals surface area contributed by atoms with Crippen molar-refractivity contribution in [2.75, 3.05) is 0 Å². The fraction of sp³-hybridized carbons (Fsp3) is 0.455. The molecule has 0 saturated heterocycles. The quantitative estimate of drug-likeness (QED) is 0.468. The van der Waals surface area contributed by atoms with Crippen LogP contribution in [-0.2, 0) is 12.8 Å². The maximum absolute atomic E-state index is 3.38. The van der Waals surface area contributed by atoms with E-state index < -0.39 is 0 Å². The van der Waals surface area contributed by atoms with Crippen LogP contribution in [0.2, 0.25) is 0 Å². The molecule has 0 aliphatic heterocycles. The highest BCUT2D eigenvalue weighted by Gasteiger charge is 2.02. The zero-order valence-electron chi connectivity index (χ0n) is 14.1. The number of aryl methyl sites for hydroxylation is 2. The molecule has 2 aromatic carbocycles. The van der Waals surface area contributed by atoms with E-state index >= 15 is 0 Å². The summed E-state index contributed by atoms with van der Waals surface area (Å²) in [6.45, 7) is 4.51. The topological polar surface area (TPSA) is 0 Å². The third kappa shape index (κ3) is 5.33. The molecule has 0 aliphatic carbocycles.